The monoisotopic (exact) mass is 509 g/mol. The van der Waals surface area contributed by atoms with E-state index in [-0.39, 0.29) is 17.4 Å². The molecule has 2 aromatic heterocycles. The summed E-state index contributed by atoms with van der Waals surface area (Å²) in [4.78, 5) is 30.0. The zero-order valence-electron chi connectivity index (χ0n) is 17.0. The Morgan fingerprint density at radius 3 is 2.50 bits per heavy atom. The molecule has 0 aliphatic rings. The van der Waals surface area contributed by atoms with E-state index in [2.05, 4.69) is 10.3 Å². The van der Waals surface area contributed by atoms with Gasteiger partial charge in [0.1, 0.15) is 5.75 Å². The molecule has 0 aliphatic carbocycles. The highest BCUT2D eigenvalue weighted by Gasteiger charge is 2.36. The average Bonchev–Trinajstić information content (AvgIpc) is 3.24. The largest absolute Gasteiger partial charge is 0.466 e. The van der Waals surface area contributed by atoms with Crippen LogP contribution in [0.1, 0.15) is 19.4 Å². The van der Waals surface area contributed by atoms with Gasteiger partial charge in [0.2, 0.25) is 15.9 Å². The van der Waals surface area contributed by atoms with Crippen LogP contribution in [0.3, 0.4) is 0 Å². The topological polar surface area (TPSA) is 72.7 Å². The highest BCUT2D eigenvalue weighted by molar-refractivity contribution is 7.15. The second-order valence-electron chi connectivity index (χ2n) is 7.41. The lowest BCUT2D eigenvalue weighted by molar-refractivity contribution is -0.126. The van der Waals surface area contributed by atoms with Crippen LogP contribution in [-0.2, 0) is 4.79 Å². The molecule has 2 aromatic carbocycles. The first kappa shape index (κ1) is 22.9. The molecule has 1 amide bonds. The van der Waals surface area contributed by atoms with Crippen molar-refractivity contribution in [1.29, 1.82) is 0 Å². The summed E-state index contributed by atoms with van der Waals surface area (Å²) in [5.74, 6) is -0.197. The lowest BCUT2D eigenvalue weighted by Gasteiger charge is -2.27. The Bertz CT molecular complexity index is 1390. The Morgan fingerprint density at radius 1 is 1.16 bits per heavy atom. The van der Waals surface area contributed by atoms with E-state index < -0.39 is 10.0 Å². The molecule has 1 atom stereocenters. The maximum absolute atomic E-state index is 12.9. The van der Waals surface area contributed by atoms with Gasteiger partial charge in [-0.1, -0.05) is 84.3 Å². The maximum atomic E-state index is 12.9. The number of hydrogen-bond donors (Lipinski definition) is 1. The van der Waals surface area contributed by atoms with Crippen molar-refractivity contribution < 1.29 is 9.53 Å². The zero-order valence-corrected chi connectivity index (χ0v) is 20.1. The van der Waals surface area contributed by atoms with Crippen molar-refractivity contribution in [3.8, 4) is 5.75 Å². The number of para-hydroxylation sites is 2. The number of alkyl halides is 3. The SMILES string of the molecule is CC(C)C(=O)NC(Oc1ccc(C=c2sc3nc4ccccc4n3c2=O)cc1)C(Cl)(Cl)Cl. The van der Waals surface area contributed by atoms with Crippen LogP contribution in [0.25, 0.3) is 22.1 Å². The molecule has 1 unspecified atom stereocenters. The molecule has 166 valence electrons. The van der Waals surface area contributed by atoms with Gasteiger partial charge in [-0.15, -0.1) is 0 Å². The number of imidazole rings is 1. The smallest absolute Gasteiger partial charge is 0.274 e. The third-order valence-electron chi connectivity index (χ3n) is 4.67. The molecule has 1 N–H and O–H groups in total. The standard InChI is InChI=1S/C22H18Cl3N3O3S/c1-12(2)18(29)27-20(22(23,24)25)31-14-9-7-13(8-10-14)11-17-19(30)28-16-6-4-3-5-15(16)26-21(28)32-17/h3-12,20H,1-2H3,(H,27,29). The van der Waals surface area contributed by atoms with Crippen molar-refractivity contribution in [3.63, 3.8) is 0 Å². The summed E-state index contributed by atoms with van der Waals surface area (Å²) >= 11 is 19.2. The number of nitrogens with zero attached hydrogens (tertiary/aromatic N) is 2. The maximum Gasteiger partial charge on any atom is 0.274 e. The third kappa shape index (κ3) is 4.71. The molecule has 4 rings (SSSR count). The van der Waals surface area contributed by atoms with Gasteiger partial charge in [0.05, 0.1) is 15.6 Å². The highest BCUT2D eigenvalue weighted by atomic mass is 35.6. The van der Waals surface area contributed by atoms with E-state index in [1.165, 1.54) is 11.3 Å². The minimum Gasteiger partial charge on any atom is -0.466 e. The van der Waals surface area contributed by atoms with Crippen LogP contribution in [0, 0.1) is 5.92 Å². The van der Waals surface area contributed by atoms with Crippen LogP contribution >= 0.6 is 46.1 Å². The normalized spacial score (nSPS) is 13.8. The summed E-state index contributed by atoms with van der Waals surface area (Å²) < 4.78 is 6.02. The number of hydrogen-bond acceptors (Lipinski definition) is 5. The van der Waals surface area contributed by atoms with Crippen molar-refractivity contribution in [2.45, 2.75) is 23.9 Å². The predicted octanol–water partition coefficient (Wildman–Crippen LogP) is 4.30. The Balaban J connectivity index is 1.60. The lowest BCUT2D eigenvalue weighted by Crippen LogP contribution is -2.49. The Hall–Kier alpha value is -2.32. The van der Waals surface area contributed by atoms with Gasteiger partial charge in [-0.25, -0.2) is 9.38 Å². The number of fused-ring (bicyclic) bond motifs is 3. The van der Waals surface area contributed by atoms with Crippen LogP contribution in [0.5, 0.6) is 5.75 Å². The van der Waals surface area contributed by atoms with Gasteiger partial charge < -0.3 is 10.1 Å². The average molecular weight is 511 g/mol. The molecule has 0 saturated heterocycles. The second kappa shape index (κ2) is 8.90. The van der Waals surface area contributed by atoms with Crippen molar-refractivity contribution in [1.82, 2.24) is 14.7 Å². The van der Waals surface area contributed by atoms with Crippen molar-refractivity contribution >= 4 is 74.1 Å². The number of ether oxygens (including phenoxy) is 1. The first-order valence-electron chi connectivity index (χ1n) is 9.69. The van der Waals surface area contributed by atoms with E-state index in [0.29, 0.717) is 15.2 Å². The van der Waals surface area contributed by atoms with E-state index >= 15 is 0 Å². The van der Waals surface area contributed by atoms with Crippen LogP contribution in [0.4, 0.5) is 0 Å². The van der Waals surface area contributed by atoms with Crippen LogP contribution in [0.2, 0.25) is 0 Å². The minimum atomic E-state index is -1.86. The molecule has 6 nitrogen and oxygen atoms in total. The van der Waals surface area contributed by atoms with Gasteiger partial charge in [-0.3, -0.25) is 9.59 Å². The number of benzene rings is 2. The number of halogens is 3. The number of nitrogens with one attached hydrogen (secondary N) is 1. The molecule has 0 spiro atoms. The summed E-state index contributed by atoms with van der Waals surface area (Å²) in [6.45, 7) is 3.45. The van der Waals surface area contributed by atoms with Gasteiger partial charge in [0.25, 0.3) is 5.56 Å². The predicted molar refractivity (Wildman–Crippen MR) is 130 cm³/mol. The Kier molecular flexibility index (Phi) is 6.36. The number of carbonyl (C=O) groups excluding carboxylic acids is 1. The van der Waals surface area contributed by atoms with E-state index in [1.54, 1.807) is 48.6 Å². The van der Waals surface area contributed by atoms with Crippen molar-refractivity contribution in [2.24, 2.45) is 5.92 Å². The van der Waals surface area contributed by atoms with Gasteiger partial charge in [-0.2, -0.15) is 0 Å². The number of carbonyl (C=O) groups is 1. The first-order chi connectivity index (χ1) is 15.1. The van der Waals surface area contributed by atoms with Gasteiger partial charge in [-0.05, 0) is 35.9 Å². The number of aromatic nitrogens is 2. The molecule has 0 fully saturated rings. The van der Waals surface area contributed by atoms with Crippen molar-refractivity contribution in [3.05, 3.63) is 69.0 Å². The second-order valence-corrected chi connectivity index (χ2v) is 10.8. The summed E-state index contributed by atoms with van der Waals surface area (Å²) in [7, 11) is 0. The fourth-order valence-electron chi connectivity index (χ4n) is 3.02. The van der Waals surface area contributed by atoms with Gasteiger partial charge in [0.15, 0.2) is 4.96 Å². The summed E-state index contributed by atoms with van der Waals surface area (Å²) in [6.07, 6.45) is 0.622. The van der Waals surface area contributed by atoms with E-state index in [9.17, 15) is 9.59 Å². The van der Waals surface area contributed by atoms with E-state index in [4.69, 9.17) is 39.5 Å². The molecule has 10 heteroatoms. The highest BCUT2D eigenvalue weighted by Crippen LogP contribution is 2.32. The molecule has 32 heavy (non-hydrogen) atoms. The first-order valence-corrected chi connectivity index (χ1v) is 11.6. The molecular formula is C22H18Cl3N3O3S. The van der Waals surface area contributed by atoms with E-state index in [1.807, 2.05) is 24.3 Å². The molecule has 0 aliphatic heterocycles. The number of rotatable bonds is 5. The third-order valence-corrected chi connectivity index (χ3v) is 6.24. The molecule has 0 saturated carbocycles. The van der Waals surface area contributed by atoms with Crippen LogP contribution in [-0.4, -0.2) is 25.3 Å². The number of thiazole rings is 1. The molecular weight excluding hydrogens is 493 g/mol. The van der Waals surface area contributed by atoms with Crippen LogP contribution in [0.15, 0.2) is 53.3 Å². The van der Waals surface area contributed by atoms with Gasteiger partial charge >= 0.3 is 0 Å². The number of amides is 1. The molecule has 4 aromatic rings. The quantitative estimate of drug-likeness (QED) is 0.321. The Labute approximate surface area is 202 Å². The Morgan fingerprint density at radius 2 is 1.84 bits per heavy atom. The lowest BCUT2D eigenvalue weighted by atomic mass is 10.2. The molecule has 0 bridgehead atoms. The summed E-state index contributed by atoms with van der Waals surface area (Å²) in [6, 6.07) is 14.4. The van der Waals surface area contributed by atoms with Crippen molar-refractivity contribution in [2.75, 3.05) is 0 Å². The fraction of sp³-hybridized carbons (Fsp3) is 0.227. The molecule has 2 heterocycles. The summed E-state index contributed by atoms with van der Waals surface area (Å²) in [5, 5.41) is 2.58. The zero-order chi connectivity index (χ0) is 23.0. The summed E-state index contributed by atoms with van der Waals surface area (Å²) in [5.41, 5.74) is 2.25. The van der Waals surface area contributed by atoms with Gasteiger partial charge in [0, 0.05) is 5.92 Å². The van der Waals surface area contributed by atoms with E-state index in [0.717, 1.165) is 16.6 Å². The van der Waals surface area contributed by atoms with Crippen LogP contribution < -0.4 is 20.1 Å². The fourth-order valence-corrected chi connectivity index (χ4v) is 4.30. The molecule has 0 radical (unpaired) electrons. The minimum absolute atomic E-state index is 0.119.